The van der Waals surface area contributed by atoms with E-state index >= 15 is 0 Å². The average Bonchev–Trinajstić information content (AvgIpc) is 2.51. The molecule has 1 atom stereocenters. The zero-order valence-corrected chi connectivity index (χ0v) is 14.2. The minimum Gasteiger partial charge on any atom is -0.508 e. The maximum absolute atomic E-state index is 12.4. The summed E-state index contributed by atoms with van der Waals surface area (Å²) in [4.78, 5) is 23.2. The number of carbonyl (C=O) groups is 2. The molecule has 0 aliphatic rings. The normalized spacial score (nSPS) is 13.7. The predicted molar refractivity (Wildman–Crippen MR) is 80.8 cm³/mol. The quantitative estimate of drug-likeness (QED) is 0.321. The topological polar surface area (TPSA) is 119 Å². The molecule has 1 aromatic rings. The van der Waals surface area contributed by atoms with Crippen LogP contribution in [0.25, 0.3) is 0 Å². The predicted octanol–water partition coefficient (Wildman–Crippen LogP) is 1.49. The number of methoxy groups -OCH3 is 1. The molecule has 0 fully saturated rings. The van der Waals surface area contributed by atoms with Crippen LogP contribution in [0.3, 0.4) is 0 Å². The fourth-order valence-electron chi connectivity index (χ4n) is 1.65. The molecular formula is C14H14F3NO7S. The lowest BCUT2D eigenvalue weighted by molar-refractivity contribution is -0.139. The summed E-state index contributed by atoms with van der Waals surface area (Å²) in [6.45, 7) is 1.29. The first-order chi connectivity index (χ1) is 11.9. The molecule has 0 saturated carbocycles. The van der Waals surface area contributed by atoms with Gasteiger partial charge in [0.25, 0.3) is 0 Å². The van der Waals surface area contributed by atoms with Crippen LogP contribution >= 0.6 is 0 Å². The molecule has 144 valence electrons. The molecule has 0 spiro atoms. The molecule has 0 aromatic heterocycles. The molecule has 0 bridgehead atoms. The first-order valence-corrected chi connectivity index (χ1v) is 8.14. The highest BCUT2D eigenvalue weighted by atomic mass is 32.2. The summed E-state index contributed by atoms with van der Waals surface area (Å²) < 4.78 is 67.3. The van der Waals surface area contributed by atoms with Gasteiger partial charge in [-0.15, -0.1) is 0 Å². The lowest BCUT2D eigenvalue weighted by Crippen LogP contribution is -2.35. The summed E-state index contributed by atoms with van der Waals surface area (Å²) in [6.07, 6.45) is 0.888. The van der Waals surface area contributed by atoms with Crippen molar-refractivity contribution < 1.29 is 45.2 Å². The average molecular weight is 397 g/mol. The minimum absolute atomic E-state index is 0.0173. The number of nitrogens with one attached hydrogen (secondary N) is 1. The largest absolute Gasteiger partial charge is 0.534 e. The Hall–Kier alpha value is -2.76. The molecule has 8 nitrogen and oxygen atoms in total. The fraction of sp³-hybridized carbons (Fsp3) is 0.286. The number of benzene rings is 1. The summed E-state index contributed by atoms with van der Waals surface area (Å²) >= 11 is 0. The molecule has 0 amide bonds. The van der Waals surface area contributed by atoms with E-state index in [0.717, 1.165) is 37.5 Å². The van der Waals surface area contributed by atoms with Crippen molar-refractivity contribution in [1.82, 2.24) is 5.32 Å². The zero-order valence-electron chi connectivity index (χ0n) is 13.4. The van der Waals surface area contributed by atoms with Gasteiger partial charge in [-0.25, -0.2) is 9.59 Å². The number of phenolic OH excluding ortho intramolecular Hbond substituents is 1. The van der Waals surface area contributed by atoms with Crippen LogP contribution in [-0.4, -0.2) is 38.1 Å². The lowest BCUT2D eigenvalue weighted by Gasteiger charge is -2.19. The summed E-state index contributed by atoms with van der Waals surface area (Å²) in [6, 6.07) is 2.83. The molecular weight excluding hydrogens is 383 g/mol. The van der Waals surface area contributed by atoms with Crippen LogP contribution in [0.5, 0.6) is 5.75 Å². The van der Waals surface area contributed by atoms with Crippen molar-refractivity contribution in [3.8, 4) is 5.75 Å². The second-order valence-corrected chi connectivity index (χ2v) is 6.36. The Morgan fingerprint density at radius 1 is 1.23 bits per heavy atom. The number of ether oxygens (including phenoxy) is 1. The molecule has 0 saturated heterocycles. The zero-order chi connectivity index (χ0) is 20.1. The molecule has 12 heteroatoms. The van der Waals surface area contributed by atoms with E-state index < -0.39 is 33.6 Å². The van der Waals surface area contributed by atoms with Crippen LogP contribution in [0.15, 0.2) is 36.0 Å². The third-order valence-corrected chi connectivity index (χ3v) is 3.80. The molecule has 0 aliphatic carbocycles. The van der Waals surface area contributed by atoms with Crippen molar-refractivity contribution in [3.63, 3.8) is 0 Å². The number of hydrogen-bond donors (Lipinski definition) is 2. The Kier molecular flexibility index (Phi) is 6.61. The highest BCUT2D eigenvalue weighted by Crippen LogP contribution is 2.27. The number of phenols is 1. The number of esters is 1. The van der Waals surface area contributed by atoms with Crippen molar-refractivity contribution in [1.29, 1.82) is 0 Å². The van der Waals surface area contributed by atoms with Gasteiger partial charge in [-0.1, -0.05) is 12.1 Å². The highest BCUT2D eigenvalue weighted by Gasteiger charge is 2.50. The molecule has 0 aliphatic heterocycles. The van der Waals surface area contributed by atoms with Crippen LogP contribution in [0.4, 0.5) is 13.2 Å². The molecule has 0 radical (unpaired) electrons. The fourth-order valence-corrected chi connectivity index (χ4v) is 2.06. The number of allylic oxidation sites excluding steroid dienone is 1. The van der Waals surface area contributed by atoms with Gasteiger partial charge in [-0.3, -0.25) is 0 Å². The number of hydrogen-bond acceptors (Lipinski definition) is 8. The van der Waals surface area contributed by atoms with Gasteiger partial charge in [0.2, 0.25) is 0 Å². The third-order valence-electron chi connectivity index (χ3n) is 2.84. The maximum atomic E-state index is 12.4. The van der Waals surface area contributed by atoms with E-state index in [-0.39, 0.29) is 17.0 Å². The van der Waals surface area contributed by atoms with Crippen LogP contribution in [0.1, 0.15) is 18.5 Å². The van der Waals surface area contributed by atoms with Crippen LogP contribution in [0.2, 0.25) is 0 Å². The Bertz CT molecular complexity index is 801. The van der Waals surface area contributed by atoms with E-state index in [2.05, 4.69) is 14.2 Å². The Balaban J connectivity index is 3.20. The maximum Gasteiger partial charge on any atom is 0.534 e. The SMILES string of the molecule is COC(=O)C=C(C)NC(C(=O)OS(=O)(=O)C(F)(F)F)c1ccc(O)cc1. The van der Waals surface area contributed by atoms with Gasteiger partial charge in [-0.05, 0) is 24.6 Å². The Morgan fingerprint density at radius 3 is 2.23 bits per heavy atom. The van der Waals surface area contributed by atoms with Crippen molar-refractivity contribution in [2.45, 2.75) is 18.5 Å². The van der Waals surface area contributed by atoms with Gasteiger partial charge < -0.3 is 19.3 Å². The Labute approximate surface area is 146 Å². The van der Waals surface area contributed by atoms with E-state index in [9.17, 15) is 36.3 Å². The second kappa shape index (κ2) is 8.08. The van der Waals surface area contributed by atoms with Gasteiger partial charge in [0.15, 0.2) is 6.04 Å². The number of rotatable bonds is 6. The first kappa shape index (κ1) is 21.3. The molecule has 1 unspecified atom stereocenters. The van der Waals surface area contributed by atoms with Crippen molar-refractivity contribution in [3.05, 3.63) is 41.6 Å². The van der Waals surface area contributed by atoms with E-state index in [1.165, 1.54) is 6.92 Å². The third kappa shape index (κ3) is 5.65. The summed E-state index contributed by atoms with van der Waals surface area (Å²) in [7, 11) is -5.09. The second-order valence-electron chi connectivity index (χ2n) is 4.82. The van der Waals surface area contributed by atoms with E-state index in [4.69, 9.17) is 0 Å². The molecule has 1 rings (SSSR count). The van der Waals surface area contributed by atoms with E-state index in [1.54, 1.807) is 0 Å². The molecule has 26 heavy (non-hydrogen) atoms. The highest BCUT2D eigenvalue weighted by molar-refractivity contribution is 7.88. The number of halogens is 3. The molecule has 2 N–H and O–H groups in total. The van der Waals surface area contributed by atoms with Gasteiger partial charge in [-0.2, -0.15) is 21.6 Å². The standard InChI is InChI=1S/C14H14F3NO7S/c1-8(7-11(20)24-2)18-12(9-3-5-10(19)6-4-9)13(21)25-26(22,23)14(15,16)17/h3-7,12,18-19H,1-2H3. The number of aromatic hydroxyl groups is 1. The molecule has 0 heterocycles. The van der Waals surface area contributed by atoms with Gasteiger partial charge in [0.05, 0.1) is 7.11 Å². The summed E-state index contributed by atoms with van der Waals surface area (Å²) in [5.74, 6) is -2.81. The minimum atomic E-state index is -6.17. The van der Waals surface area contributed by atoms with E-state index in [1.807, 2.05) is 0 Å². The monoisotopic (exact) mass is 397 g/mol. The summed E-state index contributed by atoms with van der Waals surface area (Å²) in [5, 5.41) is 11.6. The van der Waals surface area contributed by atoms with Gasteiger partial charge >= 0.3 is 27.6 Å². The van der Waals surface area contributed by atoms with E-state index in [0.29, 0.717) is 0 Å². The lowest BCUT2D eigenvalue weighted by atomic mass is 10.1. The van der Waals surface area contributed by atoms with Crippen LogP contribution in [-0.2, 0) is 28.6 Å². The van der Waals surface area contributed by atoms with Crippen molar-refractivity contribution in [2.75, 3.05) is 7.11 Å². The van der Waals surface area contributed by atoms with Crippen LogP contribution in [0, 0.1) is 0 Å². The van der Waals surface area contributed by atoms with Crippen LogP contribution < -0.4 is 5.32 Å². The number of carbonyl (C=O) groups excluding carboxylic acids is 2. The number of alkyl halides is 3. The Morgan fingerprint density at radius 2 is 1.77 bits per heavy atom. The van der Waals surface area contributed by atoms with Crippen molar-refractivity contribution in [2.24, 2.45) is 0 Å². The molecule has 1 aromatic carbocycles. The van der Waals surface area contributed by atoms with Gasteiger partial charge in [0.1, 0.15) is 5.75 Å². The first-order valence-electron chi connectivity index (χ1n) is 6.73. The van der Waals surface area contributed by atoms with Gasteiger partial charge in [0, 0.05) is 11.8 Å². The smallest absolute Gasteiger partial charge is 0.508 e. The summed E-state index contributed by atoms with van der Waals surface area (Å²) in [5.41, 5.74) is -5.84. The van der Waals surface area contributed by atoms with Crippen molar-refractivity contribution >= 4 is 22.1 Å².